The van der Waals surface area contributed by atoms with Crippen LogP contribution in [-0.4, -0.2) is 0 Å². The Hall–Kier alpha value is -2.80. The average molecular weight is 268 g/mol. The summed E-state index contributed by atoms with van der Waals surface area (Å²) in [5, 5.41) is 7.63. The van der Waals surface area contributed by atoms with Gasteiger partial charge in [0.25, 0.3) is 0 Å². The molecule has 0 aromatic heterocycles. The Morgan fingerprint density at radius 3 is 1.29 bits per heavy atom. The average Bonchev–Trinajstić information content (AvgIpc) is 2.64. The predicted octanol–water partition coefficient (Wildman–Crippen LogP) is 5.46. The molecule has 0 unspecified atom stereocenters. The number of fused-ring (bicyclic) bond motifs is 7. The first-order valence-corrected chi connectivity index (χ1v) is 7.14. The first-order chi connectivity index (χ1) is 10.4. The SMILES string of the molecule is c1ccc2c3c4ccccc4c=3c3ccccc3oc2c1. The van der Waals surface area contributed by atoms with Crippen LogP contribution in [0, 0.1) is 10.4 Å². The van der Waals surface area contributed by atoms with Crippen LogP contribution in [0.15, 0.2) is 77.2 Å². The number of rotatable bonds is 0. The largest absolute Gasteiger partial charge is 0.456 e. The highest BCUT2D eigenvalue weighted by Crippen LogP contribution is 2.33. The molecule has 0 spiro atoms. The van der Waals surface area contributed by atoms with Crippen molar-refractivity contribution in [2.45, 2.75) is 0 Å². The molecule has 0 amide bonds. The van der Waals surface area contributed by atoms with Gasteiger partial charge in [-0.2, -0.15) is 0 Å². The molecule has 0 bridgehead atoms. The molecule has 0 fully saturated rings. The lowest BCUT2D eigenvalue weighted by molar-refractivity contribution is 0.663. The monoisotopic (exact) mass is 268 g/mol. The molecule has 1 aliphatic carbocycles. The number of hydrogen-bond acceptors (Lipinski definition) is 1. The quantitative estimate of drug-likeness (QED) is 0.363. The second kappa shape index (κ2) is 3.86. The summed E-state index contributed by atoms with van der Waals surface area (Å²) in [5.41, 5.74) is 1.87. The van der Waals surface area contributed by atoms with Crippen molar-refractivity contribution in [1.82, 2.24) is 0 Å². The maximum Gasteiger partial charge on any atom is 0.135 e. The van der Waals surface area contributed by atoms with Crippen molar-refractivity contribution in [1.29, 1.82) is 0 Å². The van der Waals surface area contributed by atoms with E-state index in [9.17, 15) is 0 Å². The van der Waals surface area contributed by atoms with Crippen molar-refractivity contribution in [2.24, 2.45) is 0 Å². The zero-order valence-electron chi connectivity index (χ0n) is 11.3. The standard InChI is InChI=1S/C20H12O/c1-2-8-14-13(7-1)19-15-9-3-5-11-17(15)21-18-12-6-4-10-16(18)20(14)19/h1-12H. The number of para-hydroxylation sites is 2. The van der Waals surface area contributed by atoms with E-state index in [1.807, 2.05) is 24.3 Å². The fraction of sp³-hybridized carbons (Fsp3) is 0. The summed E-state index contributed by atoms with van der Waals surface area (Å²) in [6.07, 6.45) is 0. The Morgan fingerprint density at radius 1 is 0.429 bits per heavy atom. The summed E-state index contributed by atoms with van der Waals surface area (Å²) in [6.45, 7) is 0. The molecule has 0 saturated heterocycles. The van der Waals surface area contributed by atoms with Gasteiger partial charge in [0.1, 0.15) is 11.2 Å². The van der Waals surface area contributed by atoms with E-state index < -0.39 is 0 Å². The fourth-order valence-electron chi connectivity index (χ4n) is 3.33. The lowest BCUT2D eigenvalue weighted by Crippen LogP contribution is -1.87. The first-order valence-electron chi connectivity index (χ1n) is 7.14. The Balaban J connectivity index is 2.29. The Morgan fingerprint density at radius 2 is 0.810 bits per heavy atom. The van der Waals surface area contributed by atoms with Crippen LogP contribution in [0.4, 0.5) is 0 Å². The molecule has 2 aliphatic rings. The summed E-state index contributed by atoms with van der Waals surface area (Å²) in [7, 11) is 0. The molecule has 21 heavy (non-hydrogen) atoms. The topological polar surface area (TPSA) is 13.1 Å². The first kappa shape index (κ1) is 10.9. The third-order valence-corrected chi connectivity index (χ3v) is 4.25. The molecular formula is C20H12O. The van der Waals surface area contributed by atoms with Crippen LogP contribution in [0.25, 0.3) is 32.7 Å². The molecule has 0 radical (unpaired) electrons. The molecule has 0 N–H and O–H groups in total. The highest BCUT2D eigenvalue weighted by molar-refractivity contribution is 6.02. The van der Waals surface area contributed by atoms with Gasteiger partial charge in [-0.15, -0.1) is 0 Å². The summed E-state index contributed by atoms with van der Waals surface area (Å²) in [6, 6.07) is 25.2. The van der Waals surface area contributed by atoms with Gasteiger partial charge >= 0.3 is 0 Å². The van der Waals surface area contributed by atoms with E-state index in [1.54, 1.807) is 0 Å². The Labute approximate surface area is 121 Å². The molecule has 1 heterocycles. The fourth-order valence-corrected chi connectivity index (χ4v) is 3.33. The predicted molar refractivity (Wildman–Crippen MR) is 86.5 cm³/mol. The van der Waals surface area contributed by atoms with Crippen LogP contribution >= 0.6 is 0 Å². The van der Waals surface area contributed by atoms with Gasteiger partial charge in [0, 0.05) is 21.2 Å². The normalized spacial score (nSPS) is 11.8. The van der Waals surface area contributed by atoms with Gasteiger partial charge in [0.15, 0.2) is 0 Å². The van der Waals surface area contributed by atoms with Crippen LogP contribution in [0.1, 0.15) is 0 Å². The molecule has 1 heteroatoms. The minimum Gasteiger partial charge on any atom is -0.456 e. The molecule has 3 aromatic carbocycles. The van der Waals surface area contributed by atoms with Crippen molar-refractivity contribution in [3.05, 3.63) is 83.2 Å². The van der Waals surface area contributed by atoms with E-state index in [1.165, 1.54) is 32.0 Å². The van der Waals surface area contributed by atoms with E-state index in [0.29, 0.717) is 0 Å². The van der Waals surface area contributed by atoms with Crippen molar-refractivity contribution >= 4 is 32.7 Å². The smallest absolute Gasteiger partial charge is 0.135 e. The zero-order valence-corrected chi connectivity index (χ0v) is 11.3. The van der Waals surface area contributed by atoms with Gasteiger partial charge in [-0.1, -0.05) is 60.7 Å². The molecule has 1 nitrogen and oxygen atoms in total. The van der Waals surface area contributed by atoms with Crippen molar-refractivity contribution < 1.29 is 4.42 Å². The highest BCUT2D eigenvalue weighted by Gasteiger charge is 2.11. The van der Waals surface area contributed by atoms with Crippen molar-refractivity contribution in [3.63, 3.8) is 0 Å². The van der Waals surface area contributed by atoms with E-state index in [2.05, 4.69) is 48.5 Å². The van der Waals surface area contributed by atoms with Crippen LogP contribution in [0.2, 0.25) is 0 Å². The maximum atomic E-state index is 6.17. The van der Waals surface area contributed by atoms with E-state index in [0.717, 1.165) is 11.2 Å². The van der Waals surface area contributed by atoms with Gasteiger partial charge in [0.2, 0.25) is 0 Å². The van der Waals surface area contributed by atoms with Gasteiger partial charge in [-0.05, 0) is 22.9 Å². The van der Waals surface area contributed by atoms with E-state index in [-0.39, 0.29) is 0 Å². The summed E-state index contributed by atoms with van der Waals surface area (Å²) in [4.78, 5) is 0. The molecular weight excluding hydrogens is 256 g/mol. The van der Waals surface area contributed by atoms with Crippen LogP contribution in [-0.2, 0) is 0 Å². The summed E-state index contributed by atoms with van der Waals surface area (Å²) in [5.74, 6) is 0. The van der Waals surface area contributed by atoms with E-state index in [4.69, 9.17) is 4.42 Å². The summed E-state index contributed by atoms with van der Waals surface area (Å²) < 4.78 is 6.17. The second-order valence-corrected chi connectivity index (χ2v) is 5.39. The Kier molecular flexibility index (Phi) is 2.01. The maximum absolute atomic E-state index is 6.17. The molecule has 0 saturated carbocycles. The van der Waals surface area contributed by atoms with Crippen molar-refractivity contribution in [2.75, 3.05) is 0 Å². The molecule has 5 rings (SSSR count). The highest BCUT2D eigenvalue weighted by atomic mass is 16.3. The minimum absolute atomic E-state index is 0.935. The third kappa shape index (κ3) is 1.35. The Bertz CT molecular complexity index is 1090. The third-order valence-electron chi connectivity index (χ3n) is 4.25. The van der Waals surface area contributed by atoms with Gasteiger partial charge in [-0.3, -0.25) is 0 Å². The lowest BCUT2D eigenvalue weighted by Gasteiger charge is -2.07. The van der Waals surface area contributed by atoms with Crippen molar-refractivity contribution in [3.8, 4) is 0 Å². The molecule has 1 aliphatic heterocycles. The second-order valence-electron chi connectivity index (χ2n) is 5.39. The van der Waals surface area contributed by atoms with Crippen LogP contribution < -0.4 is 0 Å². The van der Waals surface area contributed by atoms with E-state index >= 15 is 0 Å². The molecule has 98 valence electrons. The molecule has 0 atom stereocenters. The van der Waals surface area contributed by atoms with Crippen LogP contribution in [0.3, 0.4) is 0 Å². The lowest BCUT2D eigenvalue weighted by atomic mass is 9.95. The van der Waals surface area contributed by atoms with Gasteiger partial charge in [-0.25, -0.2) is 0 Å². The molecule has 3 aromatic rings. The minimum atomic E-state index is 0.935. The van der Waals surface area contributed by atoms with Gasteiger partial charge < -0.3 is 4.42 Å². The number of hydrogen-bond donors (Lipinski definition) is 0. The summed E-state index contributed by atoms with van der Waals surface area (Å²) >= 11 is 0. The number of benzene rings is 3. The van der Waals surface area contributed by atoms with Gasteiger partial charge in [0.05, 0.1) is 0 Å². The van der Waals surface area contributed by atoms with Crippen LogP contribution in [0.5, 0.6) is 0 Å². The zero-order chi connectivity index (χ0) is 13.8.